The van der Waals surface area contributed by atoms with Crippen molar-refractivity contribution < 1.29 is 0 Å². The van der Waals surface area contributed by atoms with Crippen LogP contribution >= 0.6 is 0 Å². The molecule has 1 aromatic rings. The Hall–Kier alpha value is -1.26. The van der Waals surface area contributed by atoms with Crippen molar-refractivity contribution >= 4 is 24.9 Å². The normalized spacial score (nSPS) is 13.6. The highest BCUT2D eigenvalue weighted by atomic mass is 15.2. The summed E-state index contributed by atoms with van der Waals surface area (Å²) in [5.41, 5.74) is 1.30. The van der Waals surface area contributed by atoms with E-state index in [9.17, 15) is 0 Å². The Morgan fingerprint density at radius 3 is 3.10 bits per heavy atom. The van der Waals surface area contributed by atoms with Gasteiger partial charge in [-0.2, -0.15) is 0 Å². The van der Waals surface area contributed by atoms with Gasteiger partial charge in [-0.15, -0.1) is 0 Å². The van der Waals surface area contributed by atoms with Crippen molar-refractivity contribution in [3.63, 3.8) is 0 Å². The molecule has 5 heteroatoms. The Kier molecular flexibility index (Phi) is 1.03. The summed E-state index contributed by atoms with van der Waals surface area (Å²) in [6.45, 7) is 0.679. The molecule has 2 heterocycles. The van der Waals surface area contributed by atoms with Crippen molar-refractivity contribution in [3.05, 3.63) is 6.33 Å². The van der Waals surface area contributed by atoms with Gasteiger partial charge in [0.2, 0.25) is 0 Å². The van der Waals surface area contributed by atoms with Gasteiger partial charge in [-0.3, -0.25) is 4.98 Å². The molecular weight excluding hydrogens is 127 g/mol. The molecule has 2 rings (SSSR count). The standard InChI is InChI=1S/C5H5BN4/c6-4-3-5(9-1-7-3)10-2-8-4/h2,7H,1H2,(H,8,9,10). The average molecular weight is 132 g/mol. The third kappa shape index (κ3) is 0.634. The van der Waals surface area contributed by atoms with Gasteiger partial charge in [-0.25, -0.2) is 4.98 Å². The number of rotatable bonds is 0. The van der Waals surface area contributed by atoms with Crippen molar-refractivity contribution in [3.8, 4) is 0 Å². The van der Waals surface area contributed by atoms with Crippen molar-refractivity contribution in [2.45, 2.75) is 0 Å². The number of hydrogen-bond donors (Lipinski definition) is 2. The van der Waals surface area contributed by atoms with Gasteiger partial charge in [0.15, 0.2) is 5.82 Å². The Morgan fingerprint density at radius 1 is 1.40 bits per heavy atom. The van der Waals surface area contributed by atoms with E-state index in [0.29, 0.717) is 12.3 Å². The number of fused-ring (bicyclic) bond motifs is 1. The molecule has 0 aromatic carbocycles. The maximum Gasteiger partial charge on any atom is 0.153 e. The van der Waals surface area contributed by atoms with E-state index in [1.165, 1.54) is 6.33 Å². The predicted octanol–water partition coefficient (Wildman–Crippen LogP) is -0.935. The summed E-state index contributed by atoms with van der Waals surface area (Å²) in [4.78, 5) is 7.77. The molecule has 0 spiro atoms. The molecule has 0 fully saturated rings. The summed E-state index contributed by atoms with van der Waals surface area (Å²) < 4.78 is 0. The molecule has 48 valence electrons. The van der Waals surface area contributed by atoms with Crippen LogP contribution < -0.4 is 16.2 Å². The minimum Gasteiger partial charge on any atom is -0.364 e. The summed E-state index contributed by atoms with van der Waals surface area (Å²) in [5.74, 6) is 0.785. The topological polar surface area (TPSA) is 49.8 Å². The van der Waals surface area contributed by atoms with E-state index in [-0.39, 0.29) is 0 Å². The second-order valence-electron chi connectivity index (χ2n) is 2.01. The van der Waals surface area contributed by atoms with Crippen LogP contribution in [-0.4, -0.2) is 24.5 Å². The minimum atomic E-state index is 0.495. The SMILES string of the molecule is [B]c1ncnc2c1NCN2. The molecule has 4 nitrogen and oxygen atoms in total. The fourth-order valence-corrected chi connectivity index (χ4v) is 0.924. The van der Waals surface area contributed by atoms with E-state index in [0.717, 1.165) is 11.5 Å². The molecule has 0 saturated heterocycles. The lowest BCUT2D eigenvalue weighted by Gasteiger charge is -1.98. The smallest absolute Gasteiger partial charge is 0.153 e. The molecule has 1 aliphatic rings. The van der Waals surface area contributed by atoms with Gasteiger partial charge < -0.3 is 10.6 Å². The third-order valence-electron chi connectivity index (χ3n) is 1.40. The van der Waals surface area contributed by atoms with Crippen molar-refractivity contribution in [2.75, 3.05) is 17.3 Å². The number of hydrogen-bond acceptors (Lipinski definition) is 4. The maximum atomic E-state index is 5.52. The highest BCUT2D eigenvalue weighted by molar-refractivity contribution is 6.35. The molecule has 0 aliphatic carbocycles. The predicted molar refractivity (Wildman–Crippen MR) is 39.5 cm³/mol. The highest BCUT2D eigenvalue weighted by Crippen LogP contribution is 2.17. The molecule has 0 atom stereocenters. The summed E-state index contributed by atoms with van der Waals surface area (Å²) >= 11 is 0. The van der Waals surface area contributed by atoms with Crippen LogP contribution in [0.25, 0.3) is 0 Å². The van der Waals surface area contributed by atoms with Gasteiger partial charge in [0.05, 0.1) is 12.4 Å². The monoisotopic (exact) mass is 132 g/mol. The second-order valence-corrected chi connectivity index (χ2v) is 2.01. The zero-order valence-corrected chi connectivity index (χ0v) is 5.26. The molecule has 0 amide bonds. The van der Waals surface area contributed by atoms with Crippen molar-refractivity contribution in [1.29, 1.82) is 0 Å². The number of nitrogens with zero attached hydrogens (tertiary/aromatic N) is 2. The minimum absolute atomic E-state index is 0.495. The molecule has 2 radical (unpaired) electrons. The van der Waals surface area contributed by atoms with Gasteiger partial charge in [0.25, 0.3) is 0 Å². The molecule has 2 N–H and O–H groups in total. The highest BCUT2D eigenvalue weighted by Gasteiger charge is 2.11. The first kappa shape index (κ1) is 5.52. The van der Waals surface area contributed by atoms with Gasteiger partial charge >= 0.3 is 0 Å². The van der Waals surface area contributed by atoms with Crippen LogP contribution in [0.4, 0.5) is 11.5 Å². The molecule has 0 unspecified atom stereocenters. The molecular formula is C5H5BN4. The van der Waals surface area contributed by atoms with Crippen LogP contribution in [0.1, 0.15) is 0 Å². The van der Waals surface area contributed by atoms with E-state index in [1.54, 1.807) is 0 Å². The number of aromatic nitrogens is 2. The lowest BCUT2D eigenvalue weighted by molar-refractivity contribution is 1.20. The van der Waals surface area contributed by atoms with E-state index in [2.05, 4.69) is 20.6 Å². The number of anilines is 2. The first-order chi connectivity index (χ1) is 4.88. The Balaban J connectivity index is 2.59. The van der Waals surface area contributed by atoms with Crippen molar-refractivity contribution in [2.24, 2.45) is 0 Å². The van der Waals surface area contributed by atoms with Crippen molar-refractivity contribution in [1.82, 2.24) is 9.97 Å². The molecule has 0 bridgehead atoms. The molecule has 1 aromatic heterocycles. The van der Waals surface area contributed by atoms with Crippen LogP contribution in [-0.2, 0) is 0 Å². The zero-order chi connectivity index (χ0) is 6.97. The van der Waals surface area contributed by atoms with Gasteiger partial charge in [0.1, 0.15) is 14.2 Å². The Labute approximate surface area is 59.5 Å². The summed E-state index contributed by atoms with van der Waals surface area (Å²) in [6, 6.07) is 0. The quantitative estimate of drug-likeness (QED) is 0.447. The first-order valence-electron chi connectivity index (χ1n) is 2.96. The third-order valence-corrected chi connectivity index (χ3v) is 1.40. The lowest BCUT2D eigenvalue weighted by Crippen LogP contribution is -2.12. The largest absolute Gasteiger partial charge is 0.364 e. The van der Waals surface area contributed by atoms with E-state index in [4.69, 9.17) is 7.85 Å². The number of nitrogens with one attached hydrogen (secondary N) is 2. The maximum absolute atomic E-state index is 5.52. The lowest BCUT2D eigenvalue weighted by atomic mass is 10.0. The summed E-state index contributed by atoms with van der Waals surface area (Å²) in [7, 11) is 5.52. The fraction of sp³-hybridized carbons (Fsp3) is 0.200. The molecule has 0 saturated carbocycles. The first-order valence-corrected chi connectivity index (χ1v) is 2.96. The second kappa shape index (κ2) is 1.87. The van der Waals surface area contributed by atoms with Gasteiger partial charge in [0, 0.05) is 5.59 Å². The van der Waals surface area contributed by atoms with Crippen LogP contribution in [0, 0.1) is 0 Å². The van der Waals surface area contributed by atoms with E-state index >= 15 is 0 Å². The average Bonchev–Trinajstić information content (AvgIpc) is 2.36. The summed E-state index contributed by atoms with van der Waals surface area (Å²) in [6.07, 6.45) is 1.44. The van der Waals surface area contributed by atoms with E-state index in [1.807, 2.05) is 0 Å². The zero-order valence-electron chi connectivity index (χ0n) is 5.26. The molecule has 10 heavy (non-hydrogen) atoms. The van der Waals surface area contributed by atoms with Gasteiger partial charge in [-0.05, 0) is 0 Å². The van der Waals surface area contributed by atoms with E-state index < -0.39 is 0 Å². The Morgan fingerprint density at radius 2 is 2.30 bits per heavy atom. The van der Waals surface area contributed by atoms with Crippen LogP contribution in [0.2, 0.25) is 0 Å². The molecule has 1 aliphatic heterocycles. The summed E-state index contributed by atoms with van der Waals surface area (Å²) in [5, 5.41) is 6.01. The fourth-order valence-electron chi connectivity index (χ4n) is 0.924. The van der Waals surface area contributed by atoms with Crippen LogP contribution in [0.15, 0.2) is 6.33 Å². The van der Waals surface area contributed by atoms with Crippen LogP contribution in [0.3, 0.4) is 0 Å². The van der Waals surface area contributed by atoms with Gasteiger partial charge in [-0.1, -0.05) is 0 Å². The van der Waals surface area contributed by atoms with Crippen LogP contribution in [0.5, 0.6) is 0 Å². The Bertz CT molecular complexity index is 262.